The molecule has 0 bridgehead atoms. The quantitative estimate of drug-likeness (QED) is 0.506. The molecule has 0 saturated heterocycles. The third-order valence-electron chi connectivity index (χ3n) is 6.66. The molecule has 4 atom stereocenters. The summed E-state index contributed by atoms with van der Waals surface area (Å²) >= 11 is 0. The van der Waals surface area contributed by atoms with Crippen LogP contribution in [0.5, 0.6) is 0 Å². The van der Waals surface area contributed by atoms with Crippen LogP contribution in [-0.2, 0) is 14.4 Å². The number of nitrogens with two attached hydrogens (primary N) is 1. The maximum absolute atomic E-state index is 14.0. The van der Waals surface area contributed by atoms with E-state index in [9.17, 15) is 28.3 Å². The fourth-order valence-corrected chi connectivity index (χ4v) is 4.75. The second-order valence-corrected chi connectivity index (χ2v) is 9.57. The lowest BCUT2D eigenvalue weighted by atomic mass is 9.87. The second-order valence-electron chi connectivity index (χ2n) is 9.57. The Morgan fingerprint density at radius 2 is 1.54 bits per heavy atom. The Morgan fingerprint density at radius 1 is 0.974 bits per heavy atom. The molecule has 0 spiro atoms. The van der Waals surface area contributed by atoms with Crippen molar-refractivity contribution < 1.29 is 28.3 Å². The van der Waals surface area contributed by atoms with Gasteiger partial charge in [-0.1, -0.05) is 66.7 Å². The minimum Gasteiger partial charge on any atom is -0.378 e. The molecule has 4 rings (SSSR count). The van der Waals surface area contributed by atoms with E-state index in [2.05, 4.69) is 0 Å². The summed E-state index contributed by atoms with van der Waals surface area (Å²) in [5.41, 5.74) is 7.79. The third-order valence-corrected chi connectivity index (χ3v) is 6.66. The fourth-order valence-electron chi connectivity index (χ4n) is 4.75. The smallest absolute Gasteiger partial charge is 0.263 e. The van der Waals surface area contributed by atoms with Crippen molar-refractivity contribution in [3.8, 4) is 0 Å². The summed E-state index contributed by atoms with van der Waals surface area (Å²) in [5, 5.41) is 10.9. The van der Waals surface area contributed by atoms with Crippen LogP contribution in [0, 0.1) is 11.6 Å². The van der Waals surface area contributed by atoms with Gasteiger partial charge in [-0.15, -0.1) is 0 Å². The Kier molecular flexibility index (Phi) is 8.32. The molecular formula is C30H29F2N3O4. The Hall–Kier alpha value is -4.21. The van der Waals surface area contributed by atoms with E-state index >= 15 is 0 Å². The number of aliphatic hydroxyl groups excluding tert-OH is 1. The van der Waals surface area contributed by atoms with Crippen molar-refractivity contribution in [3.63, 3.8) is 0 Å². The molecule has 0 fully saturated rings. The molecule has 3 amide bonds. The summed E-state index contributed by atoms with van der Waals surface area (Å²) in [4.78, 5) is 43.2. The summed E-state index contributed by atoms with van der Waals surface area (Å²) in [7, 11) is 1.55. The topological polar surface area (TPSA) is 104 Å². The first-order valence-electron chi connectivity index (χ1n) is 12.4. The third kappa shape index (κ3) is 5.94. The van der Waals surface area contributed by atoms with Crippen molar-refractivity contribution in [1.82, 2.24) is 9.80 Å². The summed E-state index contributed by atoms with van der Waals surface area (Å²) in [6.45, 7) is 1.54. The predicted molar refractivity (Wildman–Crippen MR) is 142 cm³/mol. The minimum atomic E-state index is -2.13. The highest BCUT2D eigenvalue weighted by Crippen LogP contribution is 2.35. The second kappa shape index (κ2) is 11.7. The van der Waals surface area contributed by atoms with Crippen molar-refractivity contribution in [2.75, 3.05) is 13.6 Å². The number of benzene rings is 3. The average molecular weight is 534 g/mol. The van der Waals surface area contributed by atoms with Crippen LogP contribution in [0.2, 0.25) is 0 Å². The number of imide groups is 1. The van der Waals surface area contributed by atoms with Gasteiger partial charge in [0.2, 0.25) is 11.8 Å². The van der Waals surface area contributed by atoms with Crippen LogP contribution < -0.4 is 5.73 Å². The lowest BCUT2D eigenvalue weighted by Crippen LogP contribution is -2.58. The molecule has 7 nitrogen and oxygen atoms in total. The SMILES string of the molecule is C[C@H](N)C(=O)N(C(=O)[C@H](O)c1cc(F)cc(F)c1)[C@@H]1C(=O)N(C)CC(c2ccccc2)=C[C@H]1c1ccccc1. The van der Waals surface area contributed by atoms with E-state index in [1.807, 2.05) is 36.4 Å². The molecule has 3 aromatic carbocycles. The van der Waals surface area contributed by atoms with Crippen LogP contribution in [0.1, 0.15) is 35.6 Å². The number of rotatable bonds is 6. The van der Waals surface area contributed by atoms with E-state index in [0.29, 0.717) is 16.5 Å². The molecule has 3 N–H and O–H groups in total. The molecule has 0 saturated carbocycles. The predicted octanol–water partition coefficient (Wildman–Crippen LogP) is 3.41. The highest BCUT2D eigenvalue weighted by molar-refractivity contribution is 6.04. The molecule has 1 heterocycles. The maximum Gasteiger partial charge on any atom is 0.263 e. The van der Waals surface area contributed by atoms with Gasteiger partial charge >= 0.3 is 0 Å². The van der Waals surface area contributed by atoms with Gasteiger partial charge in [0.1, 0.15) is 17.7 Å². The van der Waals surface area contributed by atoms with E-state index in [-0.39, 0.29) is 6.54 Å². The minimum absolute atomic E-state index is 0.189. The van der Waals surface area contributed by atoms with E-state index in [1.165, 1.54) is 11.8 Å². The van der Waals surface area contributed by atoms with Gasteiger partial charge < -0.3 is 15.7 Å². The molecule has 202 valence electrons. The number of nitrogens with zero attached hydrogens (tertiary/aromatic N) is 2. The van der Waals surface area contributed by atoms with Gasteiger partial charge in [-0.25, -0.2) is 8.78 Å². The number of halogens is 2. The van der Waals surface area contributed by atoms with Gasteiger partial charge in [0, 0.05) is 25.6 Å². The first-order chi connectivity index (χ1) is 18.6. The number of amides is 3. The highest BCUT2D eigenvalue weighted by atomic mass is 19.1. The van der Waals surface area contributed by atoms with E-state index in [1.54, 1.807) is 37.4 Å². The number of hydrogen-bond donors (Lipinski definition) is 2. The summed E-state index contributed by atoms with van der Waals surface area (Å²) in [6, 6.07) is 17.8. The molecule has 1 aliphatic heterocycles. The first kappa shape index (κ1) is 27.8. The van der Waals surface area contributed by atoms with Crippen molar-refractivity contribution in [2.24, 2.45) is 5.73 Å². The van der Waals surface area contributed by atoms with Gasteiger partial charge in [0.15, 0.2) is 6.10 Å². The summed E-state index contributed by atoms with van der Waals surface area (Å²) in [6.07, 6.45) is -0.298. The van der Waals surface area contributed by atoms with Crippen LogP contribution in [0.3, 0.4) is 0 Å². The summed E-state index contributed by atoms with van der Waals surface area (Å²) < 4.78 is 27.8. The molecule has 1 aliphatic rings. The lowest BCUT2D eigenvalue weighted by Gasteiger charge is -2.36. The molecule has 0 aromatic heterocycles. The molecule has 0 aliphatic carbocycles. The van der Waals surface area contributed by atoms with Gasteiger partial charge in [-0.05, 0) is 41.3 Å². The molecule has 0 unspecified atom stereocenters. The summed E-state index contributed by atoms with van der Waals surface area (Å²) in [5.74, 6) is -5.53. The monoisotopic (exact) mass is 533 g/mol. The van der Waals surface area contributed by atoms with Crippen molar-refractivity contribution in [2.45, 2.75) is 31.0 Å². The molecule has 9 heteroatoms. The van der Waals surface area contributed by atoms with Crippen LogP contribution in [0.4, 0.5) is 8.78 Å². The van der Waals surface area contributed by atoms with Crippen LogP contribution in [0.15, 0.2) is 84.9 Å². The van der Waals surface area contributed by atoms with Crippen molar-refractivity contribution in [1.29, 1.82) is 0 Å². The van der Waals surface area contributed by atoms with Gasteiger partial charge in [-0.3, -0.25) is 19.3 Å². The molecule has 3 aromatic rings. The Bertz CT molecular complexity index is 1380. The Morgan fingerprint density at radius 3 is 2.10 bits per heavy atom. The normalized spacial score (nSPS) is 19.1. The van der Waals surface area contributed by atoms with Crippen LogP contribution >= 0.6 is 0 Å². The lowest BCUT2D eigenvalue weighted by molar-refractivity contribution is -0.160. The molecule has 39 heavy (non-hydrogen) atoms. The zero-order valence-electron chi connectivity index (χ0n) is 21.5. The highest BCUT2D eigenvalue weighted by Gasteiger charge is 2.45. The number of aliphatic hydroxyl groups is 1. The molecular weight excluding hydrogens is 504 g/mol. The average Bonchev–Trinajstić information content (AvgIpc) is 3.05. The fraction of sp³-hybridized carbons (Fsp3) is 0.233. The number of hydrogen-bond acceptors (Lipinski definition) is 5. The van der Waals surface area contributed by atoms with Crippen LogP contribution in [-0.4, -0.2) is 58.3 Å². The molecule has 0 radical (unpaired) electrons. The van der Waals surface area contributed by atoms with Crippen molar-refractivity contribution >= 4 is 23.3 Å². The van der Waals surface area contributed by atoms with Crippen LogP contribution in [0.25, 0.3) is 5.57 Å². The first-order valence-corrected chi connectivity index (χ1v) is 12.4. The van der Waals surface area contributed by atoms with E-state index in [0.717, 1.165) is 23.3 Å². The zero-order valence-corrected chi connectivity index (χ0v) is 21.5. The van der Waals surface area contributed by atoms with Gasteiger partial charge in [0.05, 0.1) is 6.04 Å². The number of carbonyl (C=O) groups excluding carboxylic acids is 3. The van der Waals surface area contributed by atoms with E-state index < -0.39 is 59.0 Å². The Labute approximate surface area is 225 Å². The number of likely N-dealkylation sites (N-methyl/N-ethyl adjacent to an activating group) is 1. The van der Waals surface area contributed by atoms with E-state index in [4.69, 9.17) is 5.73 Å². The van der Waals surface area contributed by atoms with Crippen molar-refractivity contribution in [3.05, 3.63) is 113 Å². The zero-order chi connectivity index (χ0) is 28.3. The van der Waals surface area contributed by atoms with Gasteiger partial charge in [-0.2, -0.15) is 0 Å². The number of carbonyl (C=O) groups is 3. The maximum atomic E-state index is 14.0. The Balaban J connectivity index is 1.90. The van der Waals surface area contributed by atoms with Gasteiger partial charge in [0.25, 0.3) is 5.91 Å². The standard InChI is InChI=1S/C30H29F2N3O4/c1-18(33)28(37)35(30(39)27(36)21-13-23(31)16-24(32)14-21)26-25(20-11-7-4-8-12-20)15-22(17-34(2)29(26)38)19-9-5-3-6-10-19/h3-16,18,25-27,36H,17,33H2,1-2H3/t18-,25-,26-,27+/m0/s1. The largest absolute Gasteiger partial charge is 0.378 e.